The molecule has 6 nitrogen and oxygen atoms in total. The summed E-state index contributed by atoms with van der Waals surface area (Å²) < 4.78 is 16.9. The Morgan fingerprint density at radius 2 is 1.97 bits per heavy atom. The standard InChI is InChI=1S/C25H25NO5/c1-15-7-20(29-3)8-16(2)25(15)18-6-4-5-17(9-18)13-31-23-11-22-21(12-26-23)19(14-30-22)10-24(27)28/h4-9,11-12,19H,10,13-14H2,1-3H3,(H,27,28). The molecule has 0 saturated carbocycles. The van der Waals surface area contributed by atoms with Gasteiger partial charge in [0.2, 0.25) is 5.88 Å². The van der Waals surface area contributed by atoms with Gasteiger partial charge in [-0.15, -0.1) is 0 Å². The van der Waals surface area contributed by atoms with Crippen LogP contribution in [0.5, 0.6) is 17.4 Å². The van der Waals surface area contributed by atoms with Gasteiger partial charge in [0.25, 0.3) is 0 Å². The summed E-state index contributed by atoms with van der Waals surface area (Å²) in [6.45, 7) is 4.89. The highest BCUT2D eigenvalue weighted by Crippen LogP contribution is 2.37. The van der Waals surface area contributed by atoms with E-state index >= 15 is 0 Å². The Kier molecular flexibility index (Phi) is 5.80. The second kappa shape index (κ2) is 8.68. The highest BCUT2D eigenvalue weighted by atomic mass is 16.5. The van der Waals surface area contributed by atoms with Crippen LogP contribution in [0.2, 0.25) is 0 Å². The van der Waals surface area contributed by atoms with E-state index in [0.717, 1.165) is 33.6 Å². The fourth-order valence-corrected chi connectivity index (χ4v) is 4.07. The summed E-state index contributed by atoms with van der Waals surface area (Å²) in [6.07, 6.45) is 1.69. The van der Waals surface area contributed by atoms with Gasteiger partial charge < -0.3 is 19.3 Å². The van der Waals surface area contributed by atoms with Gasteiger partial charge in [-0.1, -0.05) is 18.2 Å². The van der Waals surface area contributed by atoms with Crippen molar-refractivity contribution in [1.29, 1.82) is 0 Å². The first-order valence-electron chi connectivity index (χ1n) is 10.2. The molecule has 0 spiro atoms. The molecule has 1 aliphatic rings. The van der Waals surface area contributed by atoms with Crippen molar-refractivity contribution in [1.82, 2.24) is 4.98 Å². The Morgan fingerprint density at radius 1 is 1.19 bits per heavy atom. The van der Waals surface area contributed by atoms with Crippen LogP contribution in [0.4, 0.5) is 0 Å². The van der Waals surface area contributed by atoms with E-state index in [0.29, 0.717) is 24.8 Å². The zero-order valence-electron chi connectivity index (χ0n) is 17.8. The monoisotopic (exact) mass is 419 g/mol. The molecule has 1 atom stereocenters. The normalized spacial score (nSPS) is 14.6. The SMILES string of the molecule is COc1cc(C)c(-c2cccc(COc3cc4c(cn3)C(CC(=O)O)CO4)c2)c(C)c1. The number of methoxy groups -OCH3 is 1. The molecule has 2 aromatic carbocycles. The third-order valence-electron chi connectivity index (χ3n) is 5.52. The third-order valence-corrected chi connectivity index (χ3v) is 5.52. The number of fused-ring (bicyclic) bond motifs is 1. The number of carbonyl (C=O) groups is 1. The summed E-state index contributed by atoms with van der Waals surface area (Å²) in [6, 6.07) is 14.1. The van der Waals surface area contributed by atoms with Crippen LogP contribution >= 0.6 is 0 Å². The van der Waals surface area contributed by atoms with Crippen LogP contribution in [0.1, 0.15) is 34.6 Å². The smallest absolute Gasteiger partial charge is 0.304 e. The third kappa shape index (κ3) is 4.48. The van der Waals surface area contributed by atoms with E-state index in [-0.39, 0.29) is 12.3 Å². The molecule has 160 valence electrons. The van der Waals surface area contributed by atoms with Gasteiger partial charge in [0, 0.05) is 23.7 Å². The lowest BCUT2D eigenvalue weighted by Gasteiger charge is -2.14. The van der Waals surface area contributed by atoms with Crippen molar-refractivity contribution in [2.75, 3.05) is 13.7 Å². The number of carboxylic acids is 1. The van der Waals surface area contributed by atoms with Crippen LogP contribution in [0.15, 0.2) is 48.7 Å². The molecule has 31 heavy (non-hydrogen) atoms. The maximum absolute atomic E-state index is 11.0. The maximum Gasteiger partial charge on any atom is 0.304 e. The number of carboxylic acid groups (broad SMARTS) is 1. The number of nitrogens with zero attached hydrogens (tertiary/aromatic N) is 1. The molecule has 0 amide bonds. The topological polar surface area (TPSA) is 77.9 Å². The van der Waals surface area contributed by atoms with Gasteiger partial charge in [-0.2, -0.15) is 0 Å². The Balaban J connectivity index is 1.49. The van der Waals surface area contributed by atoms with E-state index in [4.69, 9.17) is 19.3 Å². The number of pyridine rings is 1. The van der Waals surface area contributed by atoms with Gasteiger partial charge in [-0.25, -0.2) is 4.98 Å². The van der Waals surface area contributed by atoms with E-state index in [9.17, 15) is 4.79 Å². The molecule has 2 heterocycles. The van der Waals surface area contributed by atoms with Gasteiger partial charge >= 0.3 is 5.97 Å². The van der Waals surface area contributed by atoms with Crippen molar-refractivity contribution >= 4 is 5.97 Å². The molecule has 1 aliphatic heterocycles. The van der Waals surface area contributed by atoms with Crippen LogP contribution in [0.25, 0.3) is 11.1 Å². The van der Waals surface area contributed by atoms with Crippen molar-refractivity contribution in [2.24, 2.45) is 0 Å². The van der Waals surface area contributed by atoms with E-state index in [1.54, 1.807) is 19.4 Å². The Bertz CT molecular complexity index is 1100. The lowest BCUT2D eigenvalue weighted by molar-refractivity contribution is -0.137. The van der Waals surface area contributed by atoms with Crippen LogP contribution in [-0.2, 0) is 11.4 Å². The van der Waals surface area contributed by atoms with E-state index in [1.807, 2.05) is 24.3 Å². The van der Waals surface area contributed by atoms with Crippen molar-refractivity contribution < 1.29 is 24.1 Å². The van der Waals surface area contributed by atoms with Crippen LogP contribution in [0, 0.1) is 13.8 Å². The Morgan fingerprint density at radius 3 is 2.68 bits per heavy atom. The number of aliphatic carboxylic acids is 1. The Hall–Kier alpha value is -3.54. The molecule has 0 aliphatic carbocycles. The second-order valence-electron chi connectivity index (χ2n) is 7.79. The minimum absolute atomic E-state index is 0.0336. The lowest BCUT2D eigenvalue weighted by atomic mass is 9.94. The predicted octanol–water partition coefficient (Wildman–Crippen LogP) is 4.90. The average Bonchev–Trinajstić information content (AvgIpc) is 3.13. The van der Waals surface area contributed by atoms with Crippen LogP contribution < -0.4 is 14.2 Å². The number of benzene rings is 2. The summed E-state index contributed by atoms with van der Waals surface area (Å²) in [5.41, 5.74) is 6.48. The first-order chi connectivity index (χ1) is 14.9. The minimum atomic E-state index is -0.844. The quantitative estimate of drug-likeness (QED) is 0.587. The summed E-state index contributed by atoms with van der Waals surface area (Å²) in [4.78, 5) is 15.3. The molecular weight excluding hydrogens is 394 g/mol. The molecule has 1 N–H and O–H groups in total. The number of aromatic nitrogens is 1. The molecule has 6 heteroatoms. The van der Waals surface area contributed by atoms with Crippen molar-refractivity contribution in [3.8, 4) is 28.5 Å². The number of ether oxygens (including phenoxy) is 3. The zero-order chi connectivity index (χ0) is 22.0. The van der Waals surface area contributed by atoms with Gasteiger partial charge in [0.1, 0.15) is 18.1 Å². The Labute approximate surface area is 181 Å². The fraction of sp³-hybridized carbons (Fsp3) is 0.280. The highest BCUT2D eigenvalue weighted by molar-refractivity contribution is 5.72. The largest absolute Gasteiger partial charge is 0.497 e. The number of rotatable bonds is 7. The fourth-order valence-electron chi connectivity index (χ4n) is 4.07. The second-order valence-corrected chi connectivity index (χ2v) is 7.79. The molecule has 0 bridgehead atoms. The number of aryl methyl sites for hydroxylation is 2. The average molecular weight is 419 g/mol. The summed E-state index contributed by atoms with van der Waals surface area (Å²) in [5, 5.41) is 9.02. The summed E-state index contributed by atoms with van der Waals surface area (Å²) >= 11 is 0. The minimum Gasteiger partial charge on any atom is -0.497 e. The van der Waals surface area contributed by atoms with Crippen LogP contribution in [-0.4, -0.2) is 29.8 Å². The maximum atomic E-state index is 11.0. The highest BCUT2D eigenvalue weighted by Gasteiger charge is 2.27. The lowest BCUT2D eigenvalue weighted by Crippen LogP contribution is -2.07. The van der Waals surface area contributed by atoms with Crippen molar-refractivity contribution in [3.05, 3.63) is 70.9 Å². The molecule has 0 radical (unpaired) electrons. The number of hydrogen-bond acceptors (Lipinski definition) is 5. The molecule has 1 unspecified atom stereocenters. The first kappa shape index (κ1) is 20.7. The van der Waals surface area contributed by atoms with E-state index in [2.05, 4.69) is 31.0 Å². The molecular formula is C25H25NO5. The molecule has 1 aromatic heterocycles. The van der Waals surface area contributed by atoms with Gasteiger partial charge in [-0.05, 0) is 59.9 Å². The molecule has 3 aromatic rings. The van der Waals surface area contributed by atoms with E-state index in [1.165, 1.54) is 5.56 Å². The number of hydrogen-bond donors (Lipinski definition) is 1. The molecule has 0 saturated heterocycles. The van der Waals surface area contributed by atoms with Crippen molar-refractivity contribution in [3.63, 3.8) is 0 Å². The molecule has 4 rings (SSSR count). The van der Waals surface area contributed by atoms with Gasteiger partial charge in [0.15, 0.2) is 0 Å². The first-order valence-corrected chi connectivity index (χ1v) is 10.2. The zero-order valence-corrected chi connectivity index (χ0v) is 17.8. The summed E-state index contributed by atoms with van der Waals surface area (Å²) in [7, 11) is 1.68. The summed E-state index contributed by atoms with van der Waals surface area (Å²) in [5.74, 6) is 0.950. The molecule has 0 fully saturated rings. The van der Waals surface area contributed by atoms with Crippen molar-refractivity contribution in [2.45, 2.75) is 32.8 Å². The van der Waals surface area contributed by atoms with Gasteiger partial charge in [0.05, 0.1) is 20.1 Å². The van der Waals surface area contributed by atoms with E-state index < -0.39 is 5.97 Å². The predicted molar refractivity (Wildman–Crippen MR) is 117 cm³/mol. The van der Waals surface area contributed by atoms with Crippen LogP contribution in [0.3, 0.4) is 0 Å². The van der Waals surface area contributed by atoms with Gasteiger partial charge in [-0.3, -0.25) is 4.79 Å².